The van der Waals surface area contributed by atoms with Crippen molar-refractivity contribution < 1.29 is 14.7 Å². The van der Waals surface area contributed by atoms with Crippen molar-refractivity contribution in [2.45, 2.75) is 83.3 Å². The summed E-state index contributed by atoms with van der Waals surface area (Å²) < 4.78 is 0. The number of nitrogens with one attached hydrogen (secondary N) is 1. The molecule has 5 heteroatoms. The molecule has 0 heterocycles. The molecule has 2 rings (SSSR count). The van der Waals surface area contributed by atoms with Gasteiger partial charge in [-0.05, 0) is 57.8 Å². The van der Waals surface area contributed by atoms with Crippen LogP contribution in [0.1, 0.15) is 71.1 Å². The lowest BCUT2D eigenvalue weighted by atomic mass is 9.85. The first-order chi connectivity index (χ1) is 11.5. The lowest BCUT2D eigenvalue weighted by Gasteiger charge is -2.31. The molecule has 2 N–H and O–H groups in total. The molecule has 2 aliphatic carbocycles. The number of amides is 2. The number of hydrogen-bond donors (Lipinski definition) is 2. The number of carbonyl (C=O) groups is 2. The van der Waals surface area contributed by atoms with Crippen LogP contribution in [-0.4, -0.2) is 47.6 Å². The first-order valence-corrected chi connectivity index (χ1v) is 9.68. The highest BCUT2D eigenvalue weighted by molar-refractivity contribution is 5.79. The molecule has 0 bridgehead atoms. The van der Waals surface area contributed by atoms with Crippen molar-refractivity contribution in [2.75, 3.05) is 13.6 Å². The average molecular weight is 338 g/mol. The Bertz CT molecular complexity index is 411. The van der Waals surface area contributed by atoms with Crippen LogP contribution in [0.4, 0.5) is 0 Å². The molecule has 2 amide bonds. The van der Waals surface area contributed by atoms with Gasteiger partial charge in [-0.1, -0.05) is 12.8 Å². The molecule has 138 valence electrons. The van der Waals surface area contributed by atoms with E-state index in [4.69, 9.17) is 0 Å². The summed E-state index contributed by atoms with van der Waals surface area (Å²) in [6.07, 6.45) is 9.39. The van der Waals surface area contributed by atoms with Crippen molar-refractivity contribution in [1.29, 1.82) is 0 Å². The van der Waals surface area contributed by atoms with Crippen molar-refractivity contribution in [3.63, 3.8) is 0 Å². The molecule has 1 unspecified atom stereocenters. The summed E-state index contributed by atoms with van der Waals surface area (Å²) in [4.78, 5) is 26.3. The number of aliphatic hydroxyl groups is 1. The number of hydrogen-bond acceptors (Lipinski definition) is 3. The minimum absolute atomic E-state index is 0.0759. The van der Waals surface area contributed by atoms with Gasteiger partial charge < -0.3 is 15.3 Å². The van der Waals surface area contributed by atoms with Gasteiger partial charge in [-0.15, -0.1) is 0 Å². The Morgan fingerprint density at radius 1 is 1.12 bits per heavy atom. The third-order valence-corrected chi connectivity index (χ3v) is 5.65. The molecule has 0 saturated heterocycles. The van der Waals surface area contributed by atoms with Gasteiger partial charge >= 0.3 is 0 Å². The molecule has 0 aromatic heterocycles. The highest BCUT2D eigenvalue weighted by Gasteiger charge is 2.29. The topological polar surface area (TPSA) is 69.6 Å². The van der Waals surface area contributed by atoms with Gasteiger partial charge in [-0.3, -0.25) is 9.59 Å². The SMILES string of the molecule is CC(O)CCN(C)C(=O)C1CCC(NC(=O)CC2CCCC2)CC1. The Balaban J connectivity index is 1.66. The second-order valence-electron chi connectivity index (χ2n) is 7.87. The van der Waals surface area contributed by atoms with Crippen LogP contribution < -0.4 is 5.32 Å². The van der Waals surface area contributed by atoms with Gasteiger partial charge in [0.15, 0.2) is 0 Å². The molecule has 2 saturated carbocycles. The predicted molar refractivity (Wildman–Crippen MR) is 94.4 cm³/mol. The van der Waals surface area contributed by atoms with E-state index in [-0.39, 0.29) is 29.9 Å². The second kappa shape index (κ2) is 9.40. The predicted octanol–water partition coefficient (Wildman–Crippen LogP) is 2.47. The molecule has 24 heavy (non-hydrogen) atoms. The fourth-order valence-electron chi connectivity index (χ4n) is 4.05. The highest BCUT2D eigenvalue weighted by atomic mass is 16.3. The van der Waals surface area contributed by atoms with Crippen molar-refractivity contribution in [1.82, 2.24) is 10.2 Å². The zero-order valence-corrected chi connectivity index (χ0v) is 15.3. The zero-order chi connectivity index (χ0) is 17.5. The number of carbonyl (C=O) groups excluding carboxylic acids is 2. The van der Waals surface area contributed by atoms with Gasteiger partial charge in [0.25, 0.3) is 0 Å². The Morgan fingerprint density at radius 3 is 2.33 bits per heavy atom. The molecule has 0 aromatic carbocycles. The molecule has 1 atom stereocenters. The maximum atomic E-state index is 12.4. The lowest BCUT2D eigenvalue weighted by molar-refractivity contribution is -0.135. The summed E-state index contributed by atoms with van der Waals surface area (Å²) in [5, 5.41) is 12.5. The quantitative estimate of drug-likeness (QED) is 0.749. The van der Waals surface area contributed by atoms with E-state index in [1.807, 2.05) is 7.05 Å². The maximum absolute atomic E-state index is 12.4. The molecule has 2 aliphatic rings. The van der Waals surface area contributed by atoms with Crippen molar-refractivity contribution in [2.24, 2.45) is 11.8 Å². The molecule has 5 nitrogen and oxygen atoms in total. The summed E-state index contributed by atoms with van der Waals surface area (Å²) in [5.74, 6) is 1.05. The minimum Gasteiger partial charge on any atom is -0.393 e. The molecule has 0 aromatic rings. The number of rotatable bonds is 7. The fourth-order valence-corrected chi connectivity index (χ4v) is 4.05. The monoisotopic (exact) mass is 338 g/mol. The normalized spacial score (nSPS) is 26.1. The van der Waals surface area contributed by atoms with Crippen molar-refractivity contribution >= 4 is 11.8 Å². The Labute approximate surface area is 146 Å². The molecular weight excluding hydrogens is 304 g/mol. The van der Waals surface area contributed by atoms with Crippen molar-refractivity contribution in [3.8, 4) is 0 Å². The van der Waals surface area contributed by atoms with E-state index in [1.165, 1.54) is 25.7 Å². The first kappa shape index (κ1) is 19.2. The van der Waals surface area contributed by atoms with Crippen LogP contribution in [0.2, 0.25) is 0 Å². The molecular formula is C19H34N2O3. The van der Waals surface area contributed by atoms with Crippen LogP contribution in [0.3, 0.4) is 0 Å². The van der Waals surface area contributed by atoms with Gasteiger partial charge in [-0.2, -0.15) is 0 Å². The van der Waals surface area contributed by atoms with E-state index in [1.54, 1.807) is 11.8 Å². The average Bonchev–Trinajstić information content (AvgIpc) is 3.05. The summed E-state index contributed by atoms with van der Waals surface area (Å²) in [6, 6.07) is 0.241. The second-order valence-corrected chi connectivity index (χ2v) is 7.87. The zero-order valence-electron chi connectivity index (χ0n) is 15.3. The van der Waals surface area contributed by atoms with E-state index in [9.17, 15) is 14.7 Å². The Kier molecular flexibility index (Phi) is 7.53. The van der Waals surface area contributed by atoms with Gasteiger partial charge in [0, 0.05) is 32.0 Å². The van der Waals surface area contributed by atoms with Crippen LogP contribution in [0.5, 0.6) is 0 Å². The summed E-state index contributed by atoms with van der Waals surface area (Å²) in [7, 11) is 1.82. The number of nitrogens with zero attached hydrogens (tertiary/aromatic N) is 1. The summed E-state index contributed by atoms with van der Waals surface area (Å²) in [6.45, 7) is 2.35. The van der Waals surface area contributed by atoms with Crippen LogP contribution in [0, 0.1) is 11.8 Å². The highest BCUT2D eigenvalue weighted by Crippen LogP contribution is 2.29. The molecule has 0 radical (unpaired) electrons. The van der Waals surface area contributed by atoms with E-state index in [2.05, 4.69) is 5.32 Å². The summed E-state index contributed by atoms with van der Waals surface area (Å²) >= 11 is 0. The smallest absolute Gasteiger partial charge is 0.225 e. The van der Waals surface area contributed by atoms with Crippen molar-refractivity contribution in [3.05, 3.63) is 0 Å². The van der Waals surface area contributed by atoms with Gasteiger partial charge in [0.2, 0.25) is 11.8 Å². The van der Waals surface area contributed by atoms with E-state index in [0.29, 0.717) is 25.3 Å². The van der Waals surface area contributed by atoms with E-state index in [0.717, 1.165) is 25.7 Å². The largest absolute Gasteiger partial charge is 0.393 e. The van der Waals surface area contributed by atoms with Crippen LogP contribution in [0.15, 0.2) is 0 Å². The Morgan fingerprint density at radius 2 is 1.75 bits per heavy atom. The van der Waals surface area contributed by atoms with Crippen LogP contribution >= 0.6 is 0 Å². The third kappa shape index (κ3) is 6.08. The third-order valence-electron chi connectivity index (χ3n) is 5.65. The van der Waals surface area contributed by atoms with Crippen LogP contribution in [0.25, 0.3) is 0 Å². The molecule has 0 aliphatic heterocycles. The molecule has 2 fully saturated rings. The maximum Gasteiger partial charge on any atom is 0.225 e. The van der Waals surface area contributed by atoms with Gasteiger partial charge in [0.1, 0.15) is 0 Å². The Hall–Kier alpha value is -1.10. The van der Waals surface area contributed by atoms with Gasteiger partial charge in [0.05, 0.1) is 6.10 Å². The van der Waals surface area contributed by atoms with E-state index >= 15 is 0 Å². The standard InChI is InChI=1S/C19H34N2O3/c1-14(22)11-12-21(2)19(24)16-7-9-17(10-8-16)20-18(23)13-15-5-3-4-6-15/h14-17,22H,3-13H2,1-2H3,(H,20,23). The summed E-state index contributed by atoms with van der Waals surface area (Å²) in [5.41, 5.74) is 0. The number of aliphatic hydroxyl groups excluding tert-OH is 1. The van der Waals surface area contributed by atoms with Gasteiger partial charge in [-0.25, -0.2) is 0 Å². The molecule has 0 spiro atoms. The first-order valence-electron chi connectivity index (χ1n) is 9.68. The minimum atomic E-state index is -0.369. The lowest BCUT2D eigenvalue weighted by Crippen LogP contribution is -2.42. The van der Waals surface area contributed by atoms with E-state index < -0.39 is 0 Å². The van der Waals surface area contributed by atoms with Crippen LogP contribution in [-0.2, 0) is 9.59 Å². The fraction of sp³-hybridized carbons (Fsp3) is 0.895.